The van der Waals surface area contributed by atoms with Crippen LogP contribution in [0.3, 0.4) is 0 Å². The first-order valence-electron chi connectivity index (χ1n) is 8.79. The molecular weight excluding hydrogens is 346 g/mol. The summed E-state index contributed by atoms with van der Waals surface area (Å²) in [6, 6.07) is 15.0. The number of hydrogen-bond acceptors (Lipinski definition) is 5. The van der Waals surface area contributed by atoms with Gasteiger partial charge in [0.15, 0.2) is 0 Å². The fourth-order valence-electron chi connectivity index (χ4n) is 3.48. The lowest BCUT2D eigenvalue weighted by atomic mass is 9.89. The molecule has 1 amide bonds. The van der Waals surface area contributed by atoms with Gasteiger partial charge >= 0.3 is 5.97 Å². The van der Waals surface area contributed by atoms with Crippen molar-refractivity contribution in [3.8, 4) is 11.1 Å². The standard InChI is InChI=1S/C21H23NO5/c1-25-11-12-27-13-18(23)22-20(21(24)26-2)19-16-9-5-3-7-14(16)15-8-4-6-10-17(15)19/h3-10,19-20H,11-13H2,1-2H3,(H,22,23)/t20-/m1/s1. The Morgan fingerprint density at radius 2 is 1.56 bits per heavy atom. The van der Waals surface area contributed by atoms with Crippen molar-refractivity contribution in [2.24, 2.45) is 0 Å². The minimum Gasteiger partial charge on any atom is -0.467 e. The summed E-state index contributed by atoms with van der Waals surface area (Å²) >= 11 is 0. The molecule has 0 saturated heterocycles. The van der Waals surface area contributed by atoms with Crippen molar-refractivity contribution in [1.29, 1.82) is 0 Å². The molecule has 0 unspecified atom stereocenters. The van der Waals surface area contributed by atoms with E-state index in [9.17, 15) is 9.59 Å². The van der Waals surface area contributed by atoms with Crippen LogP contribution < -0.4 is 5.32 Å². The van der Waals surface area contributed by atoms with Gasteiger partial charge in [0.25, 0.3) is 0 Å². The van der Waals surface area contributed by atoms with Crippen LogP contribution in [0.2, 0.25) is 0 Å². The molecule has 0 fully saturated rings. The van der Waals surface area contributed by atoms with E-state index in [1.807, 2.05) is 48.5 Å². The van der Waals surface area contributed by atoms with Crippen molar-refractivity contribution in [3.63, 3.8) is 0 Å². The Kier molecular flexibility index (Phi) is 6.21. The number of amides is 1. The fourth-order valence-corrected chi connectivity index (χ4v) is 3.48. The summed E-state index contributed by atoms with van der Waals surface area (Å²) in [6.07, 6.45) is 0. The lowest BCUT2D eigenvalue weighted by molar-refractivity contribution is -0.146. The second-order valence-electron chi connectivity index (χ2n) is 6.27. The third-order valence-corrected chi connectivity index (χ3v) is 4.65. The van der Waals surface area contributed by atoms with Crippen molar-refractivity contribution >= 4 is 11.9 Å². The molecule has 0 spiro atoms. The van der Waals surface area contributed by atoms with E-state index in [0.29, 0.717) is 13.2 Å². The van der Waals surface area contributed by atoms with Gasteiger partial charge in [-0.2, -0.15) is 0 Å². The molecule has 3 rings (SSSR count). The molecule has 0 bridgehead atoms. The molecule has 1 aliphatic carbocycles. The van der Waals surface area contributed by atoms with Crippen LogP contribution in [0.1, 0.15) is 17.0 Å². The van der Waals surface area contributed by atoms with Crippen molar-refractivity contribution in [2.75, 3.05) is 34.0 Å². The highest BCUT2D eigenvalue weighted by Gasteiger charge is 2.39. The SMILES string of the molecule is COCCOCC(=O)N[C@@H](C(=O)OC)C1c2ccccc2-c2ccccc21. The summed E-state index contributed by atoms with van der Waals surface area (Å²) in [5, 5.41) is 2.79. The molecular formula is C21H23NO5. The van der Waals surface area contributed by atoms with Crippen LogP contribution in [0.25, 0.3) is 11.1 Å². The predicted octanol–water partition coefficient (Wildman–Crippen LogP) is 2.12. The number of nitrogens with one attached hydrogen (secondary N) is 1. The maximum Gasteiger partial charge on any atom is 0.329 e. The zero-order valence-corrected chi connectivity index (χ0v) is 15.4. The molecule has 27 heavy (non-hydrogen) atoms. The highest BCUT2D eigenvalue weighted by molar-refractivity contribution is 5.89. The summed E-state index contributed by atoms with van der Waals surface area (Å²) in [5.74, 6) is -1.17. The Labute approximate surface area is 158 Å². The molecule has 0 heterocycles. The van der Waals surface area contributed by atoms with Crippen LogP contribution in [0, 0.1) is 0 Å². The summed E-state index contributed by atoms with van der Waals surface area (Å²) in [6.45, 7) is 0.561. The summed E-state index contributed by atoms with van der Waals surface area (Å²) in [7, 11) is 2.88. The van der Waals surface area contributed by atoms with Crippen LogP contribution >= 0.6 is 0 Å². The quantitative estimate of drug-likeness (QED) is 0.570. The average Bonchev–Trinajstić information content (AvgIpc) is 3.03. The van der Waals surface area contributed by atoms with Crippen molar-refractivity contribution < 1.29 is 23.8 Å². The number of esters is 1. The second-order valence-corrected chi connectivity index (χ2v) is 6.27. The number of rotatable bonds is 8. The smallest absolute Gasteiger partial charge is 0.329 e. The molecule has 1 aliphatic rings. The normalized spacial score (nSPS) is 13.6. The third kappa shape index (κ3) is 4.02. The molecule has 0 aromatic heterocycles. The van der Waals surface area contributed by atoms with E-state index >= 15 is 0 Å². The van der Waals surface area contributed by atoms with Crippen molar-refractivity contribution in [2.45, 2.75) is 12.0 Å². The van der Waals surface area contributed by atoms with Crippen LogP contribution in [0.15, 0.2) is 48.5 Å². The maximum absolute atomic E-state index is 12.5. The lowest BCUT2D eigenvalue weighted by Gasteiger charge is -2.24. The van der Waals surface area contributed by atoms with E-state index in [-0.39, 0.29) is 18.4 Å². The van der Waals surface area contributed by atoms with Gasteiger partial charge in [-0.25, -0.2) is 4.79 Å². The molecule has 0 aliphatic heterocycles. The van der Waals surface area contributed by atoms with Crippen LogP contribution in [0.4, 0.5) is 0 Å². The summed E-state index contributed by atoms with van der Waals surface area (Å²) < 4.78 is 15.1. The zero-order chi connectivity index (χ0) is 19.2. The van der Waals surface area contributed by atoms with Gasteiger partial charge in [0, 0.05) is 13.0 Å². The first-order chi connectivity index (χ1) is 13.2. The van der Waals surface area contributed by atoms with Gasteiger partial charge in [0.1, 0.15) is 12.6 Å². The van der Waals surface area contributed by atoms with Crippen LogP contribution in [-0.2, 0) is 23.8 Å². The van der Waals surface area contributed by atoms with Crippen LogP contribution in [-0.4, -0.2) is 52.0 Å². The monoisotopic (exact) mass is 369 g/mol. The number of carbonyl (C=O) groups excluding carboxylic acids is 2. The minimum absolute atomic E-state index is 0.146. The van der Waals surface area contributed by atoms with E-state index in [4.69, 9.17) is 14.2 Å². The molecule has 0 saturated carbocycles. The summed E-state index contributed by atoms with van der Waals surface area (Å²) in [4.78, 5) is 24.9. The fraction of sp³-hybridized carbons (Fsp3) is 0.333. The number of methoxy groups -OCH3 is 2. The topological polar surface area (TPSA) is 73.9 Å². The Morgan fingerprint density at radius 1 is 0.963 bits per heavy atom. The average molecular weight is 369 g/mol. The first-order valence-corrected chi connectivity index (χ1v) is 8.79. The van der Waals surface area contributed by atoms with Crippen molar-refractivity contribution in [1.82, 2.24) is 5.32 Å². The Hall–Kier alpha value is -2.70. The van der Waals surface area contributed by atoms with Gasteiger partial charge in [0.05, 0.1) is 20.3 Å². The molecule has 6 heteroatoms. The van der Waals surface area contributed by atoms with Crippen molar-refractivity contribution in [3.05, 3.63) is 59.7 Å². The molecule has 1 atom stereocenters. The molecule has 142 valence electrons. The highest BCUT2D eigenvalue weighted by atomic mass is 16.5. The van der Waals surface area contributed by atoms with Crippen LogP contribution in [0.5, 0.6) is 0 Å². The first kappa shape index (κ1) is 19.1. The van der Waals surface area contributed by atoms with Gasteiger partial charge in [-0.15, -0.1) is 0 Å². The molecule has 6 nitrogen and oxygen atoms in total. The summed E-state index contributed by atoms with van der Waals surface area (Å²) in [5.41, 5.74) is 4.12. The van der Waals surface area contributed by atoms with E-state index < -0.39 is 12.0 Å². The van der Waals surface area contributed by atoms with Gasteiger partial charge in [0.2, 0.25) is 5.91 Å². The zero-order valence-electron chi connectivity index (χ0n) is 15.4. The third-order valence-electron chi connectivity index (χ3n) is 4.65. The maximum atomic E-state index is 12.5. The Morgan fingerprint density at radius 3 is 2.11 bits per heavy atom. The molecule has 1 N–H and O–H groups in total. The largest absolute Gasteiger partial charge is 0.467 e. The van der Waals surface area contributed by atoms with Gasteiger partial charge in [-0.3, -0.25) is 4.79 Å². The second kappa shape index (κ2) is 8.79. The molecule has 0 radical (unpaired) electrons. The number of fused-ring (bicyclic) bond motifs is 3. The Balaban J connectivity index is 1.87. The molecule has 2 aromatic carbocycles. The molecule has 2 aromatic rings. The van der Waals surface area contributed by atoms with Gasteiger partial charge in [-0.05, 0) is 22.3 Å². The van der Waals surface area contributed by atoms with E-state index in [1.54, 1.807) is 7.11 Å². The minimum atomic E-state index is -0.835. The highest BCUT2D eigenvalue weighted by Crippen LogP contribution is 2.46. The van der Waals surface area contributed by atoms with E-state index in [2.05, 4.69) is 5.32 Å². The van der Waals surface area contributed by atoms with E-state index in [1.165, 1.54) is 7.11 Å². The van der Waals surface area contributed by atoms with Gasteiger partial charge < -0.3 is 19.5 Å². The number of ether oxygens (including phenoxy) is 3. The lowest BCUT2D eigenvalue weighted by Crippen LogP contribution is -2.46. The number of carbonyl (C=O) groups is 2. The predicted molar refractivity (Wildman–Crippen MR) is 100 cm³/mol. The van der Waals surface area contributed by atoms with Gasteiger partial charge in [-0.1, -0.05) is 48.5 Å². The number of hydrogen-bond donors (Lipinski definition) is 1. The van der Waals surface area contributed by atoms with E-state index in [0.717, 1.165) is 22.3 Å². The Bertz CT molecular complexity index is 774. The number of benzene rings is 2.